The number of carbonyl (C=O) groups excluding carboxylic acids is 1. The second kappa shape index (κ2) is 2.95. The van der Waals surface area contributed by atoms with Gasteiger partial charge in [0.1, 0.15) is 0 Å². The molecule has 1 saturated carbocycles. The molecule has 4 heteroatoms. The number of aromatic nitrogens is 1. The van der Waals surface area contributed by atoms with Crippen LogP contribution in [0.3, 0.4) is 0 Å². The van der Waals surface area contributed by atoms with Gasteiger partial charge in [-0.15, -0.1) is 0 Å². The molecule has 2 heterocycles. The highest BCUT2D eigenvalue weighted by molar-refractivity contribution is 6.31. The lowest BCUT2D eigenvalue weighted by molar-refractivity contribution is -0.120. The van der Waals surface area contributed by atoms with E-state index in [2.05, 4.69) is 10.3 Å². The molecule has 1 aliphatic carbocycles. The van der Waals surface area contributed by atoms with Crippen molar-refractivity contribution in [3.63, 3.8) is 0 Å². The summed E-state index contributed by atoms with van der Waals surface area (Å²) in [6, 6.07) is 1.74. The molecule has 1 spiro atoms. The van der Waals surface area contributed by atoms with Crippen molar-refractivity contribution in [2.75, 3.05) is 0 Å². The van der Waals surface area contributed by atoms with Crippen LogP contribution >= 0.6 is 11.6 Å². The highest BCUT2D eigenvalue weighted by Crippen LogP contribution is 2.48. The maximum Gasteiger partial charge on any atom is 0.228 e. The number of hydrogen-bond donors (Lipinski definition) is 1. The highest BCUT2D eigenvalue weighted by atomic mass is 35.5. The number of amides is 1. The minimum atomic E-state index is -0.103. The van der Waals surface area contributed by atoms with Crippen LogP contribution in [0, 0.1) is 0 Å². The van der Waals surface area contributed by atoms with Crippen molar-refractivity contribution >= 4 is 17.5 Å². The molecule has 1 saturated heterocycles. The van der Waals surface area contributed by atoms with Crippen molar-refractivity contribution in [3.05, 3.63) is 29.0 Å². The fraction of sp³-hybridized carbons (Fsp3) is 0.455. The number of hydrogen-bond acceptors (Lipinski definition) is 2. The van der Waals surface area contributed by atoms with Crippen LogP contribution in [0.15, 0.2) is 18.5 Å². The molecular formula is C11H11ClN2O. The summed E-state index contributed by atoms with van der Waals surface area (Å²) in [6.45, 7) is 0. The van der Waals surface area contributed by atoms with Gasteiger partial charge >= 0.3 is 0 Å². The summed E-state index contributed by atoms with van der Waals surface area (Å²) in [5.74, 6) is -0.00361. The third-order valence-corrected chi connectivity index (χ3v) is 3.67. The predicted molar refractivity (Wildman–Crippen MR) is 56.7 cm³/mol. The van der Waals surface area contributed by atoms with E-state index in [1.165, 1.54) is 0 Å². The number of nitrogens with one attached hydrogen (secondary N) is 1. The van der Waals surface area contributed by atoms with Crippen LogP contribution in [0.2, 0.25) is 5.02 Å². The molecule has 0 radical (unpaired) electrons. The van der Waals surface area contributed by atoms with Gasteiger partial charge in [-0.05, 0) is 25.3 Å². The fourth-order valence-corrected chi connectivity index (χ4v) is 2.50. The summed E-state index contributed by atoms with van der Waals surface area (Å²) in [5.41, 5.74) is 0.960. The van der Waals surface area contributed by atoms with Crippen molar-refractivity contribution in [2.24, 2.45) is 0 Å². The molecule has 3 rings (SSSR count). The zero-order valence-corrected chi connectivity index (χ0v) is 8.92. The molecule has 1 aromatic heterocycles. The minimum absolute atomic E-state index is 0.0981. The van der Waals surface area contributed by atoms with Crippen molar-refractivity contribution in [2.45, 2.75) is 30.7 Å². The summed E-state index contributed by atoms with van der Waals surface area (Å²) in [7, 11) is 0. The largest absolute Gasteiger partial charge is 0.350 e. The van der Waals surface area contributed by atoms with Gasteiger partial charge in [0, 0.05) is 28.5 Å². The smallest absolute Gasteiger partial charge is 0.228 e. The van der Waals surface area contributed by atoms with Gasteiger partial charge in [-0.2, -0.15) is 0 Å². The zero-order valence-electron chi connectivity index (χ0n) is 8.16. The molecule has 0 bridgehead atoms. The molecule has 78 valence electrons. The Morgan fingerprint density at radius 2 is 2.33 bits per heavy atom. The predicted octanol–water partition coefficient (Wildman–Crippen LogP) is 1.87. The van der Waals surface area contributed by atoms with Crippen LogP contribution in [0.1, 0.15) is 30.7 Å². The summed E-state index contributed by atoms with van der Waals surface area (Å²) < 4.78 is 0. The summed E-state index contributed by atoms with van der Waals surface area (Å²) >= 11 is 6.06. The maximum absolute atomic E-state index is 11.8. The van der Waals surface area contributed by atoms with Crippen molar-refractivity contribution in [1.29, 1.82) is 0 Å². The van der Waals surface area contributed by atoms with Crippen LogP contribution in [0.25, 0.3) is 0 Å². The van der Waals surface area contributed by atoms with Gasteiger partial charge in [-0.1, -0.05) is 11.6 Å². The SMILES string of the molecule is O=C1NC2(CC2)CC1c1cnccc1Cl. The fourth-order valence-electron chi connectivity index (χ4n) is 2.26. The van der Waals surface area contributed by atoms with E-state index in [0.29, 0.717) is 5.02 Å². The first-order chi connectivity index (χ1) is 7.20. The quantitative estimate of drug-likeness (QED) is 0.788. The van der Waals surface area contributed by atoms with Crippen LogP contribution < -0.4 is 5.32 Å². The van der Waals surface area contributed by atoms with Crippen LogP contribution in [0.5, 0.6) is 0 Å². The number of carbonyl (C=O) groups is 1. The topological polar surface area (TPSA) is 42.0 Å². The molecular weight excluding hydrogens is 212 g/mol. The highest BCUT2D eigenvalue weighted by Gasteiger charge is 2.52. The van der Waals surface area contributed by atoms with E-state index >= 15 is 0 Å². The Kier molecular flexibility index (Phi) is 1.80. The van der Waals surface area contributed by atoms with Gasteiger partial charge in [-0.3, -0.25) is 9.78 Å². The Morgan fingerprint density at radius 3 is 2.93 bits per heavy atom. The monoisotopic (exact) mass is 222 g/mol. The van der Waals surface area contributed by atoms with Gasteiger partial charge in [0.15, 0.2) is 0 Å². The molecule has 1 atom stereocenters. The average Bonchev–Trinajstić information content (AvgIpc) is 2.87. The molecule has 15 heavy (non-hydrogen) atoms. The third-order valence-electron chi connectivity index (χ3n) is 3.33. The Balaban J connectivity index is 1.95. The Bertz CT molecular complexity index is 428. The molecule has 1 unspecified atom stereocenters. The second-order valence-electron chi connectivity index (χ2n) is 4.42. The Labute approximate surface area is 92.8 Å². The normalized spacial score (nSPS) is 26.7. The van der Waals surface area contributed by atoms with Crippen LogP contribution in [-0.2, 0) is 4.79 Å². The first-order valence-electron chi connectivity index (χ1n) is 5.12. The Morgan fingerprint density at radius 1 is 1.53 bits per heavy atom. The van der Waals surface area contributed by atoms with E-state index in [-0.39, 0.29) is 17.4 Å². The van der Waals surface area contributed by atoms with Gasteiger partial charge in [0.2, 0.25) is 5.91 Å². The number of nitrogens with zero attached hydrogens (tertiary/aromatic N) is 1. The summed E-state index contributed by atoms with van der Waals surface area (Å²) in [4.78, 5) is 15.8. The Hall–Kier alpha value is -1.09. The first kappa shape index (κ1) is 9.16. The first-order valence-corrected chi connectivity index (χ1v) is 5.49. The van der Waals surface area contributed by atoms with Crippen LogP contribution in [-0.4, -0.2) is 16.4 Å². The zero-order chi connectivity index (χ0) is 10.5. The lowest BCUT2D eigenvalue weighted by atomic mass is 9.96. The van der Waals surface area contributed by atoms with E-state index in [1.807, 2.05) is 0 Å². The molecule has 1 aromatic rings. The average molecular weight is 223 g/mol. The van der Waals surface area contributed by atoms with E-state index in [1.54, 1.807) is 18.5 Å². The molecule has 1 amide bonds. The molecule has 2 fully saturated rings. The van der Waals surface area contributed by atoms with Gasteiger partial charge < -0.3 is 5.32 Å². The van der Waals surface area contributed by atoms with Gasteiger partial charge in [0.05, 0.1) is 5.92 Å². The van der Waals surface area contributed by atoms with Crippen molar-refractivity contribution < 1.29 is 4.79 Å². The number of halogens is 1. The maximum atomic E-state index is 11.8. The standard InChI is InChI=1S/C11H11ClN2O/c12-9-1-4-13-6-8(9)7-5-11(2-3-11)14-10(7)15/h1,4,6-7H,2-3,5H2,(H,14,15). The number of pyridine rings is 1. The van der Waals surface area contributed by atoms with E-state index in [9.17, 15) is 4.79 Å². The molecule has 1 N–H and O–H groups in total. The van der Waals surface area contributed by atoms with Crippen molar-refractivity contribution in [1.82, 2.24) is 10.3 Å². The molecule has 2 aliphatic rings. The van der Waals surface area contributed by atoms with E-state index in [4.69, 9.17) is 11.6 Å². The molecule has 1 aliphatic heterocycles. The molecule has 0 aromatic carbocycles. The second-order valence-corrected chi connectivity index (χ2v) is 4.83. The lowest BCUT2D eigenvalue weighted by Gasteiger charge is -2.08. The number of rotatable bonds is 1. The lowest BCUT2D eigenvalue weighted by Crippen LogP contribution is -2.27. The van der Waals surface area contributed by atoms with Crippen molar-refractivity contribution in [3.8, 4) is 0 Å². The van der Waals surface area contributed by atoms with Crippen LogP contribution in [0.4, 0.5) is 0 Å². The van der Waals surface area contributed by atoms with Gasteiger partial charge in [0.25, 0.3) is 0 Å². The van der Waals surface area contributed by atoms with E-state index in [0.717, 1.165) is 24.8 Å². The van der Waals surface area contributed by atoms with Gasteiger partial charge in [-0.25, -0.2) is 0 Å². The summed E-state index contributed by atoms with van der Waals surface area (Å²) in [5, 5.41) is 3.70. The minimum Gasteiger partial charge on any atom is -0.350 e. The summed E-state index contributed by atoms with van der Waals surface area (Å²) in [6.07, 6.45) is 6.43. The third kappa shape index (κ3) is 1.42. The molecule has 3 nitrogen and oxygen atoms in total. The van der Waals surface area contributed by atoms with E-state index < -0.39 is 0 Å².